The highest BCUT2D eigenvalue weighted by Crippen LogP contribution is 2.48. The topological polar surface area (TPSA) is 99.1 Å². The first-order chi connectivity index (χ1) is 11.3. The maximum absolute atomic E-state index is 12.6. The summed E-state index contributed by atoms with van der Waals surface area (Å²) in [6, 6.07) is 1.19. The number of rotatable bonds is 2. The molecule has 1 N–H and O–H groups in total. The van der Waals surface area contributed by atoms with Gasteiger partial charge in [-0.1, -0.05) is 23.2 Å². The lowest BCUT2D eigenvalue weighted by molar-refractivity contribution is -0.175. The van der Waals surface area contributed by atoms with E-state index in [9.17, 15) is 19.5 Å². The molecule has 24 heavy (non-hydrogen) atoms. The van der Waals surface area contributed by atoms with Gasteiger partial charge in [-0.05, 0) is 12.5 Å². The summed E-state index contributed by atoms with van der Waals surface area (Å²) in [6.45, 7) is 0. The number of ketones is 1. The second-order valence-electron chi connectivity index (χ2n) is 5.49. The van der Waals surface area contributed by atoms with E-state index in [0.717, 1.165) is 7.11 Å². The minimum atomic E-state index is -1.85. The van der Waals surface area contributed by atoms with Crippen molar-refractivity contribution >= 4 is 40.9 Å². The molecule has 128 valence electrons. The van der Waals surface area contributed by atoms with Crippen LogP contribution in [0.3, 0.4) is 0 Å². The number of phenols is 1. The van der Waals surface area contributed by atoms with Gasteiger partial charge in [0, 0.05) is 6.42 Å². The second-order valence-corrected chi connectivity index (χ2v) is 6.31. The molecule has 0 unspecified atom stereocenters. The third kappa shape index (κ3) is 2.39. The molecule has 1 saturated heterocycles. The van der Waals surface area contributed by atoms with E-state index in [1.807, 2.05) is 0 Å². The molecule has 0 radical (unpaired) electrons. The highest BCUT2D eigenvalue weighted by atomic mass is 35.5. The van der Waals surface area contributed by atoms with Crippen molar-refractivity contribution in [2.75, 3.05) is 7.11 Å². The molecule has 2 aliphatic rings. The maximum Gasteiger partial charge on any atom is 0.354 e. The average Bonchev–Trinajstić information content (AvgIpc) is 2.98. The van der Waals surface area contributed by atoms with Gasteiger partial charge in [0.1, 0.15) is 11.3 Å². The first kappa shape index (κ1) is 16.9. The van der Waals surface area contributed by atoms with E-state index < -0.39 is 41.6 Å². The zero-order valence-corrected chi connectivity index (χ0v) is 13.9. The first-order valence-electron chi connectivity index (χ1n) is 7.01. The molecule has 9 heteroatoms. The van der Waals surface area contributed by atoms with Crippen LogP contribution in [-0.4, -0.2) is 41.6 Å². The maximum atomic E-state index is 12.6. The van der Waals surface area contributed by atoms with Crippen LogP contribution in [0.2, 0.25) is 10.0 Å². The average molecular weight is 375 g/mol. The van der Waals surface area contributed by atoms with Crippen molar-refractivity contribution in [2.45, 2.75) is 31.0 Å². The lowest BCUT2D eigenvalue weighted by Gasteiger charge is -2.38. The SMILES string of the molecule is COC(=O)[C@]1([C@H]2CCC(=O)O2)CC(=O)c2c(O)c(Cl)cc(Cl)c2O1. The Hall–Kier alpha value is -1.99. The summed E-state index contributed by atoms with van der Waals surface area (Å²) in [5.74, 6) is -2.67. The number of hydrogen-bond donors (Lipinski definition) is 1. The Labute approximate surface area is 146 Å². The van der Waals surface area contributed by atoms with Crippen molar-refractivity contribution in [3.05, 3.63) is 21.7 Å². The number of carbonyl (C=O) groups excluding carboxylic acids is 3. The van der Waals surface area contributed by atoms with Crippen LogP contribution in [0.25, 0.3) is 0 Å². The van der Waals surface area contributed by atoms with Gasteiger partial charge >= 0.3 is 11.9 Å². The van der Waals surface area contributed by atoms with Crippen molar-refractivity contribution in [1.29, 1.82) is 0 Å². The van der Waals surface area contributed by atoms with E-state index in [4.69, 9.17) is 37.4 Å². The Kier molecular flexibility index (Phi) is 4.09. The number of Topliss-reactive ketones (excluding diaryl/α,β-unsaturated/α-hetero) is 1. The van der Waals surface area contributed by atoms with Gasteiger partial charge < -0.3 is 19.3 Å². The van der Waals surface area contributed by atoms with Crippen LogP contribution in [0.5, 0.6) is 11.5 Å². The molecule has 7 nitrogen and oxygen atoms in total. The van der Waals surface area contributed by atoms with Crippen LogP contribution in [-0.2, 0) is 19.1 Å². The zero-order chi connectivity index (χ0) is 17.6. The molecule has 0 aliphatic carbocycles. The van der Waals surface area contributed by atoms with E-state index >= 15 is 0 Å². The largest absolute Gasteiger partial charge is 0.505 e. The number of carbonyl (C=O) groups is 3. The molecule has 2 heterocycles. The molecule has 3 rings (SSSR count). The van der Waals surface area contributed by atoms with Crippen LogP contribution < -0.4 is 4.74 Å². The van der Waals surface area contributed by atoms with E-state index in [2.05, 4.69) is 0 Å². The van der Waals surface area contributed by atoms with Gasteiger partial charge in [0.15, 0.2) is 17.6 Å². The van der Waals surface area contributed by atoms with Crippen LogP contribution in [0.1, 0.15) is 29.6 Å². The Balaban J connectivity index is 2.15. The molecule has 0 amide bonds. The number of esters is 2. The second kappa shape index (κ2) is 5.82. The molecule has 1 fully saturated rings. The number of hydrogen-bond acceptors (Lipinski definition) is 7. The monoisotopic (exact) mass is 374 g/mol. The van der Waals surface area contributed by atoms with Gasteiger partial charge in [0.2, 0.25) is 5.60 Å². The molecule has 2 aliphatic heterocycles. The fourth-order valence-electron chi connectivity index (χ4n) is 2.95. The summed E-state index contributed by atoms with van der Waals surface area (Å²) in [5.41, 5.74) is -2.06. The number of methoxy groups -OCH3 is 1. The summed E-state index contributed by atoms with van der Waals surface area (Å²) >= 11 is 11.9. The highest BCUT2D eigenvalue weighted by Gasteiger charge is 2.58. The summed E-state index contributed by atoms with van der Waals surface area (Å²) in [4.78, 5) is 36.4. The number of phenolic OH excluding ortho intramolecular Hbond substituents is 1. The predicted octanol–water partition coefficient (Wildman–Crippen LogP) is 2.28. The normalized spacial score (nSPS) is 25.7. The fourth-order valence-corrected chi connectivity index (χ4v) is 3.45. The standard InChI is InChI=1S/C15H12Cl2O7/c1-22-14(21)15(9-2-3-10(19)23-9)5-8(18)11-12(20)6(16)4-7(17)13(11)24-15/h4,9,20H,2-3,5H2,1H3/t9-,15-/m1/s1. The molecule has 1 aromatic rings. The van der Waals surface area contributed by atoms with Crippen LogP contribution in [0.15, 0.2) is 6.07 Å². The Morgan fingerprint density at radius 3 is 2.67 bits per heavy atom. The lowest BCUT2D eigenvalue weighted by atomic mass is 9.84. The third-order valence-corrected chi connectivity index (χ3v) is 4.65. The summed E-state index contributed by atoms with van der Waals surface area (Å²) in [6.07, 6.45) is -1.20. The Morgan fingerprint density at radius 1 is 1.38 bits per heavy atom. The van der Waals surface area contributed by atoms with Gasteiger partial charge in [0.05, 0.1) is 23.6 Å². The van der Waals surface area contributed by atoms with E-state index in [-0.39, 0.29) is 34.2 Å². The summed E-state index contributed by atoms with van der Waals surface area (Å²) < 4.78 is 15.6. The van der Waals surface area contributed by atoms with Crippen molar-refractivity contribution in [3.63, 3.8) is 0 Å². The summed E-state index contributed by atoms with van der Waals surface area (Å²) in [5, 5.41) is 9.84. The number of benzene rings is 1. The fraction of sp³-hybridized carbons (Fsp3) is 0.400. The molecule has 2 atom stereocenters. The van der Waals surface area contributed by atoms with Crippen molar-refractivity contribution in [3.8, 4) is 11.5 Å². The van der Waals surface area contributed by atoms with Crippen LogP contribution >= 0.6 is 23.2 Å². The molecular weight excluding hydrogens is 363 g/mol. The van der Waals surface area contributed by atoms with Crippen LogP contribution in [0.4, 0.5) is 0 Å². The van der Waals surface area contributed by atoms with Gasteiger partial charge in [-0.2, -0.15) is 0 Å². The lowest BCUT2D eigenvalue weighted by Crippen LogP contribution is -2.58. The Bertz CT molecular complexity index is 761. The molecular formula is C15H12Cl2O7. The van der Waals surface area contributed by atoms with Gasteiger partial charge in [-0.25, -0.2) is 4.79 Å². The zero-order valence-electron chi connectivity index (χ0n) is 12.4. The van der Waals surface area contributed by atoms with Gasteiger partial charge in [-0.15, -0.1) is 0 Å². The predicted molar refractivity (Wildman–Crippen MR) is 81.6 cm³/mol. The third-order valence-electron chi connectivity index (χ3n) is 4.08. The molecule has 0 spiro atoms. The van der Waals surface area contributed by atoms with Gasteiger partial charge in [-0.3, -0.25) is 9.59 Å². The van der Waals surface area contributed by atoms with Crippen molar-refractivity contribution in [1.82, 2.24) is 0 Å². The Morgan fingerprint density at radius 2 is 2.08 bits per heavy atom. The molecule has 1 aromatic carbocycles. The quantitative estimate of drug-likeness (QED) is 0.792. The molecule has 0 bridgehead atoms. The van der Waals surface area contributed by atoms with Crippen molar-refractivity contribution < 1.29 is 33.7 Å². The van der Waals surface area contributed by atoms with Gasteiger partial charge in [0.25, 0.3) is 0 Å². The molecule has 0 saturated carbocycles. The van der Waals surface area contributed by atoms with E-state index in [0.29, 0.717) is 0 Å². The highest BCUT2D eigenvalue weighted by molar-refractivity contribution is 6.37. The smallest absolute Gasteiger partial charge is 0.354 e. The molecule has 0 aromatic heterocycles. The number of halogens is 2. The van der Waals surface area contributed by atoms with Crippen LogP contribution in [0, 0.1) is 0 Å². The summed E-state index contributed by atoms with van der Waals surface area (Å²) in [7, 11) is 1.13. The number of aromatic hydroxyl groups is 1. The number of ether oxygens (including phenoxy) is 3. The number of fused-ring (bicyclic) bond motifs is 1. The van der Waals surface area contributed by atoms with E-state index in [1.54, 1.807) is 0 Å². The van der Waals surface area contributed by atoms with Crippen molar-refractivity contribution in [2.24, 2.45) is 0 Å². The minimum absolute atomic E-state index is 0.0570. The minimum Gasteiger partial charge on any atom is -0.505 e. The number of cyclic esters (lactones) is 1. The first-order valence-corrected chi connectivity index (χ1v) is 7.77. The van der Waals surface area contributed by atoms with E-state index in [1.165, 1.54) is 6.07 Å².